The summed E-state index contributed by atoms with van der Waals surface area (Å²) < 4.78 is 5.31. The molecular formula is C23H34N4O4. The molecule has 2 aliphatic heterocycles. The Labute approximate surface area is 184 Å². The van der Waals surface area contributed by atoms with E-state index >= 15 is 0 Å². The fraction of sp³-hybridized carbons (Fsp3) is 0.609. The first-order chi connectivity index (χ1) is 15.0. The number of nitrogens with zero attached hydrogens (tertiary/aromatic N) is 2. The predicted molar refractivity (Wildman–Crippen MR) is 119 cm³/mol. The highest BCUT2D eigenvalue weighted by atomic mass is 16.5. The summed E-state index contributed by atoms with van der Waals surface area (Å²) >= 11 is 0. The van der Waals surface area contributed by atoms with E-state index in [9.17, 15) is 14.4 Å². The number of urea groups is 1. The Kier molecular flexibility index (Phi) is 8.28. The number of morpholine rings is 1. The van der Waals surface area contributed by atoms with Gasteiger partial charge in [0.25, 0.3) is 5.91 Å². The highest BCUT2D eigenvalue weighted by Gasteiger charge is 2.27. The first-order valence-corrected chi connectivity index (χ1v) is 11.4. The van der Waals surface area contributed by atoms with Gasteiger partial charge in [0, 0.05) is 38.1 Å². The van der Waals surface area contributed by atoms with Crippen molar-refractivity contribution in [3.63, 3.8) is 0 Å². The summed E-state index contributed by atoms with van der Waals surface area (Å²) in [6, 6.07) is 6.75. The minimum Gasteiger partial charge on any atom is -0.378 e. The van der Waals surface area contributed by atoms with Gasteiger partial charge in [-0.1, -0.05) is 26.0 Å². The lowest BCUT2D eigenvalue weighted by Crippen LogP contribution is -2.49. The van der Waals surface area contributed by atoms with E-state index in [1.54, 1.807) is 29.2 Å². The molecule has 2 saturated heterocycles. The zero-order valence-corrected chi connectivity index (χ0v) is 18.6. The average Bonchev–Trinajstić information content (AvgIpc) is 2.80. The number of rotatable bonds is 6. The summed E-state index contributed by atoms with van der Waals surface area (Å²) in [5.74, 6) is 0.212. The van der Waals surface area contributed by atoms with Gasteiger partial charge in [0.05, 0.1) is 24.5 Å². The van der Waals surface area contributed by atoms with E-state index in [-0.39, 0.29) is 29.8 Å². The zero-order chi connectivity index (χ0) is 22.2. The number of benzene rings is 1. The number of amides is 4. The lowest BCUT2D eigenvalue weighted by atomic mass is 9.98. The average molecular weight is 431 g/mol. The Morgan fingerprint density at radius 1 is 1.00 bits per heavy atom. The summed E-state index contributed by atoms with van der Waals surface area (Å²) in [7, 11) is 0. The largest absolute Gasteiger partial charge is 0.378 e. The van der Waals surface area contributed by atoms with Gasteiger partial charge in [0.1, 0.15) is 0 Å². The molecule has 0 saturated carbocycles. The number of ether oxygens (including phenoxy) is 1. The van der Waals surface area contributed by atoms with Gasteiger partial charge in [0.2, 0.25) is 5.91 Å². The molecule has 2 N–H and O–H groups in total. The molecule has 8 nitrogen and oxygen atoms in total. The Morgan fingerprint density at radius 3 is 2.29 bits per heavy atom. The van der Waals surface area contributed by atoms with Gasteiger partial charge < -0.3 is 25.2 Å². The molecule has 31 heavy (non-hydrogen) atoms. The van der Waals surface area contributed by atoms with E-state index in [1.807, 2.05) is 18.7 Å². The molecule has 0 spiro atoms. The number of hydrogen-bond acceptors (Lipinski definition) is 4. The van der Waals surface area contributed by atoms with Gasteiger partial charge in [-0.25, -0.2) is 4.79 Å². The van der Waals surface area contributed by atoms with E-state index in [1.165, 1.54) is 0 Å². The van der Waals surface area contributed by atoms with Crippen molar-refractivity contribution in [1.82, 2.24) is 15.1 Å². The van der Waals surface area contributed by atoms with Crippen molar-refractivity contribution in [2.45, 2.75) is 45.6 Å². The van der Waals surface area contributed by atoms with Crippen LogP contribution in [-0.2, 0) is 9.53 Å². The number of para-hydroxylation sites is 1. The Balaban J connectivity index is 1.53. The van der Waals surface area contributed by atoms with Crippen LogP contribution < -0.4 is 10.6 Å². The quantitative estimate of drug-likeness (QED) is 0.726. The topological polar surface area (TPSA) is 91.0 Å². The maximum atomic E-state index is 12.9. The van der Waals surface area contributed by atoms with Gasteiger partial charge in [-0.15, -0.1) is 0 Å². The molecule has 8 heteroatoms. The number of anilines is 1. The molecule has 0 atom stereocenters. The summed E-state index contributed by atoms with van der Waals surface area (Å²) in [5.41, 5.74) is 0.975. The van der Waals surface area contributed by atoms with Crippen molar-refractivity contribution in [3.8, 4) is 0 Å². The molecule has 170 valence electrons. The summed E-state index contributed by atoms with van der Waals surface area (Å²) in [4.78, 5) is 41.7. The number of carbonyl (C=O) groups is 3. The highest BCUT2D eigenvalue weighted by Crippen LogP contribution is 2.20. The third kappa shape index (κ3) is 5.97. The van der Waals surface area contributed by atoms with Crippen LogP contribution in [0, 0.1) is 5.92 Å². The zero-order valence-electron chi connectivity index (χ0n) is 18.6. The van der Waals surface area contributed by atoms with Crippen molar-refractivity contribution in [3.05, 3.63) is 29.8 Å². The van der Waals surface area contributed by atoms with Crippen LogP contribution in [0.2, 0.25) is 0 Å². The van der Waals surface area contributed by atoms with Crippen molar-refractivity contribution >= 4 is 23.5 Å². The third-order valence-corrected chi connectivity index (χ3v) is 6.18. The van der Waals surface area contributed by atoms with Crippen LogP contribution in [-0.4, -0.2) is 73.1 Å². The number of hydrogen-bond donors (Lipinski definition) is 2. The Bertz CT molecular complexity index is 767. The van der Waals surface area contributed by atoms with Gasteiger partial charge in [-0.2, -0.15) is 0 Å². The summed E-state index contributed by atoms with van der Waals surface area (Å²) in [5, 5.41) is 5.84. The van der Waals surface area contributed by atoms with E-state index in [4.69, 9.17) is 4.74 Å². The van der Waals surface area contributed by atoms with Crippen molar-refractivity contribution < 1.29 is 19.1 Å². The molecule has 1 aromatic rings. The molecule has 1 aromatic carbocycles. The van der Waals surface area contributed by atoms with Gasteiger partial charge in [-0.05, 0) is 37.8 Å². The molecule has 0 bridgehead atoms. The van der Waals surface area contributed by atoms with Crippen LogP contribution in [0.4, 0.5) is 10.5 Å². The fourth-order valence-electron chi connectivity index (χ4n) is 4.20. The second kappa shape index (κ2) is 11.1. The van der Waals surface area contributed by atoms with Crippen LogP contribution in [0.5, 0.6) is 0 Å². The Morgan fingerprint density at radius 2 is 1.65 bits per heavy atom. The summed E-state index contributed by atoms with van der Waals surface area (Å²) in [6.07, 6.45) is 3.18. The lowest BCUT2D eigenvalue weighted by molar-refractivity contribution is -0.136. The first kappa shape index (κ1) is 23.1. The standard InChI is InChI=1S/C23H34N4O4/c1-3-17(4-2)21(28)26-11-9-18(10-12-26)24-23(30)25-20-8-6-5-7-19(20)22(29)27-13-15-31-16-14-27/h5-8,17-18H,3-4,9-16H2,1-2H3,(H2,24,25,30). The van der Waals surface area contributed by atoms with Crippen molar-refractivity contribution in [2.75, 3.05) is 44.7 Å². The molecule has 0 aromatic heterocycles. The molecule has 4 amide bonds. The molecule has 3 rings (SSSR count). The third-order valence-electron chi connectivity index (χ3n) is 6.18. The molecule has 2 aliphatic rings. The molecule has 2 fully saturated rings. The predicted octanol–water partition coefficient (Wildman–Crippen LogP) is 2.71. The minimum absolute atomic E-state index is 0.00728. The number of carbonyl (C=O) groups excluding carboxylic acids is 3. The maximum absolute atomic E-state index is 12.9. The lowest BCUT2D eigenvalue weighted by Gasteiger charge is -2.34. The molecule has 2 heterocycles. The van der Waals surface area contributed by atoms with Gasteiger partial charge in [-0.3, -0.25) is 9.59 Å². The Hall–Kier alpha value is -2.61. The molecule has 0 radical (unpaired) electrons. The normalized spacial score (nSPS) is 17.5. The fourth-order valence-corrected chi connectivity index (χ4v) is 4.20. The second-order valence-corrected chi connectivity index (χ2v) is 8.16. The molecule has 0 unspecified atom stereocenters. The van der Waals surface area contributed by atoms with E-state index < -0.39 is 0 Å². The molecular weight excluding hydrogens is 396 g/mol. The summed E-state index contributed by atoms with van der Waals surface area (Å²) in [6.45, 7) is 7.57. The van der Waals surface area contributed by atoms with E-state index in [0.29, 0.717) is 50.6 Å². The minimum atomic E-state index is -0.327. The number of piperidine rings is 1. The van der Waals surface area contributed by atoms with E-state index in [0.717, 1.165) is 25.7 Å². The van der Waals surface area contributed by atoms with E-state index in [2.05, 4.69) is 10.6 Å². The van der Waals surface area contributed by atoms with Crippen LogP contribution in [0.25, 0.3) is 0 Å². The highest BCUT2D eigenvalue weighted by molar-refractivity contribution is 6.03. The smallest absolute Gasteiger partial charge is 0.319 e. The number of nitrogens with one attached hydrogen (secondary N) is 2. The SMILES string of the molecule is CCC(CC)C(=O)N1CCC(NC(=O)Nc2ccccc2C(=O)N2CCOCC2)CC1. The molecule has 0 aliphatic carbocycles. The second-order valence-electron chi connectivity index (χ2n) is 8.16. The maximum Gasteiger partial charge on any atom is 0.319 e. The van der Waals surface area contributed by atoms with Crippen LogP contribution >= 0.6 is 0 Å². The van der Waals surface area contributed by atoms with Crippen molar-refractivity contribution in [2.24, 2.45) is 5.92 Å². The van der Waals surface area contributed by atoms with Gasteiger partial charge in [0.15, 0.2) is 0 Å². The van der Waals surface area contributed by atoms with Crippen LogP contribution in [0.1, 0.15) is 49.9 Å². The first-order valence-electron chi connectivity index (χ1n) is 11.4. The number of likely N-dealkylation sites (tertiary alicyclic amines) is 1. The van der Waals surface area contributed by atoms with Crippen LogP contribution in [0.15, 0.2) is 24.3 Å². The van der Waals surface area contributed by atoms with Crippen LogP contribution in [0.3, 0.4) is 0 Å². The monoisotopic (exact) mass is 430 g/mol. The van der Waals surface area contributed by atoms with Gasteiger partial charge >= 0.3 is 6.03 Å². The van der Waals surface area contributed by atoms with Crippen molar-refractivity contribution in [1.29, 1.82) is 0 Å².